The number of benzene rings is 1. The van der Waals surface area contributed by atoms with Crippen molar-refractivity contribution < 1.29 is 4.74 Å². The quantitative estimate of drug-likeness (QED) is 0.485. The fourth-order valence-corrected chi connectivity index (χ4v) is 4.09. The fraction of sp³-hybridized carbons (Fsp3) is 0.538. The molecule has 0 aliphatic carbocycles. The molecule has 0 atom stereocenters. The van der Waals surface area contributed by atoms with Crippen molar-refractivity contribution in [1.82, 2.24) is 0 Å². The highest BCUT2D eigenvalue weighted by Crippen LogP contribution is 2.34. The molecule has 17 heavy (non-hydrogen) atoms. The van der Waals surface area contributed by atoms with Gasteiger partial charge in [0, 0.05) is 34.8 Å². The van der Waals surface area contributed by atoms with Crippen LogP contribution in [-0.2, 0) is 10.2 Å². The smallest absolute Gasteiger partial charge is 0.0462 e. The van der Waals surface area contributed by atoms with E-state index in [-0.39, 0.29) is 5.41 Å². The first-order chi connectivity index (χ1) is 8.18. The lowest BCUT2D eigenvalue weighted by Gasteiger charge is -2.30. The highest BCUT2D eigenvalue weighted by Gasteiger charge is 2.29. The maximum Gasteiger partial charge on any atom is 0.0462 e. The average Bonchev–Trinajstić information content (AvgIpc) is 2.37. The normalized spacial score (nSPS) is 11.8. The van der Waals surface area contributed by atoms with E-state index in [1.165, 1.54) is 5.56 Å². The summed E-state index contributed by atoms with van der Waals surface area (Å²) in [5.41, 5.74) is 1.43. The van der Waals surface area contributed by atoms with Gasteiger partial charge in [-0.2, -0.15) is 0 Å². The summed E-state index contributed by atoms with van der Waals surface area (Å²) in [6.07, 6.45) is 2.13. The SMILES string of the molecule is COCCCC(CBr)(CBr)c1ccc(Cl)cc1. The summed E-state index contributed by atoms with van der Waals surface area (Å²) in [4.78, 5) is 0. The molecule has 0 aromatic heterocycles. The summed E-state index contributed by atoms with van der Waals surface area (Å²) in [5, 5.41) is 2.64. The van der Waals surface area contributed by atoms with Crippen LogP contribution in [0, 0.1) is 0 Å². The van der Waals surface area contributed by atoms with Crippen LogP contribution >= 0.6 is 43.5 Å². The van der Waals surface area contributed by atoms with E-state index < -0.39 is 0 Å². The Kier molecular flexibility index (Phi) is 7.08. The molecule has 1 aromatic rings. The summed E-state index contributed by atoms with van der Waals surface area (Å²) in [6.45, 7) is 0.801. The number of ether oxygens (including phenoxy) is 1. The molecular weight excluding hydrogens is 367 g/mol. The van der Waals surface area contributed by atoms with Gasteiger partial charge in [-0.05, 0) is 30.5 Å². The van der Waals surface area contributed by atoms with Gasteiger partial charge in [-0.3, -0.25) is 0 Å². The van der Waals surface area contributed by atoms with E-state index in [1.807, 2.05) is 12.1 Å². The van der Waals surface area contributed by atoms with Crippen LogP contribution in [0.3, 0.4) is 0 Å². The van der Waals surface area contributed by atoms with Crippen molar-refractivity contribution in [2.75, 3.05) is 24.4 Å². The zero-order chi connectivity index (χ0) is 12.7. The minimum atomic E-state index is 0.114. The summed E-state index contributed by atoms with van der Waals surface area (Å²) in [7, 11) is 1.74. The summed E-state index contributed by atoms with van der Waals surface area (Å²) >= 11 is 13.2. The Labute approximate surface area is 125 Å². The molecule has 1 aromatic carbocycles. The maximum atomic E-state index is 5.93. The second-order valence-electron chi connectivity index (χ2n) is 4.15. The molecule has 0 fully saturated rings. The monoisotopic (exact) mass is 382 g/mol. The van der Waals surface area contributed by atoms with Crippen molar-refractivity contribution in [3.05, 3.63) is 34.9 Å². The van der Waals surface area contributed by atoms with Crippen LogP contribution in [0.1, 0.15) is 18.4 Å². The van der Waals surface area contributed by atoms with E-state index in [1.54, 1.807) is 7.11 Å². The number of hydrogen-bond acceptors (Lipinski definition) is 1. The number of hydrogen-bond donors (Lipinski definition) is 0. The van der Waals surface area contributed by atoms with Crippen molar-refractivity contribution in [2.24, 2.45) is 0 Å². The molecule has 0 aliphatic heterocycles. The van der Waals surface area contributed by atoms with Crippen molar-refractivity contribution >= 4 is 43.5 Å². The van der Waals surface area contributed by atoms with Crippen LogP contribution in [0.25, 0.3) is 0 Å². The molecule has 1 nitrogen and oxygen atoms in total. The van der Waals surface area contributed by atoms with Crippen LogP contribution in [0.15, 0.2) is 24.3 Å². The van der Waals surface area contributed by atoms with Crippen LogP contribution < -0.4 is 0 Å². The first-order valence-electron chi connectivity index (χ1n) is 5.55. The molecule has 0 N–H and O–H groups in total. The van der Waals surface area contributed by atoms with E-state index in [9.17, 15) is 0 Å². The van der Waals surface area contributed by atoms with Gasteiger partial charge in [0.1, 0.15) is 0 Å². The molecule has 0 radical (unpaired) electrons. The molecular formula is C13H17Br2ClO. The molecule has 0 aliphatic rings. The first kappa shape index (κ1) is 15.5. The third-order valence-corrected chi connectivity index (χ3v) is 5.37. The summed E-state index contributed by atoms with van der Waals surface area (Å²) in [5.74, 6) is 0. The van der Waals surface area contributed by atoms with E-state index in [2.05, 4.69) is 44.0 Å². The van der Waals surface area contributed by atoms with Crippen molar-refractivity contribution in [3.8, 4) is 0 Å². The third-order valence-electron chi connectivity index (χ3n) is 2.97. The Hall–Kier alpha value is 0.430. The highest BCUT2D eigenvalue weighted by atomic mass is 79.9. The van der Waals surface area contributed by atoms with Gasteiger partial charge in [-0.1, -0.05) is 55.6 Å². The Morgan fingerprint density at radius 3 is 2.24 bits per heavy atom. The highest BCUT2D eigenvalue weighted by molar-refractivity contribution is 9.09. The topological polar surface area (TPSA) is 9.23 Å². The van der Waals surface area contributed by atoms with Crippen LogP contribution in [0.5, 0.6) is 0 Å². The van der Waals surface area contributed by atoms with Gasteiger partial charge in [0.2, 0.25) is 0 Å². The largest absolute Gasteiger partial charge is 0.385 e. The van der Waals surface area contributed by atoms with Gasteiger partial charge in [-0.15, -0.1) is 0 Å². The Morgan fingerprint density at radius 1 is 1.18 bits per heavy atom. The minimum Gasteiger partial charge on any atom is -0.385 e. The van der Waals surface area contributed by atoms with E-state index in [0.717, 1.165) is 35.1 Å². The van der Waals surface area contributed by atoms with Gasteiger partial charge >= 0.3 is 0 Å². The van der Waals surface area contributed by atoms with E-state index in [0.29, 0.717) is 0 Å². The third kappa shape index (κ3) is 4.23. The zero-order valence-corrected chi connectivity index (χ0v) is 13.8. The lowest BCUT2D eigenvalue weighted by molar-refractivity contribution is 0.186. The molecule has 0 bridgehead atoms. The lowest BCUT2D eigenvalue weighted by Crippen LogP contribution is -2.30. The predicted molar refractivity (Wildman–Crippen MR) is 81.8 cm³/mol. The van der Waals surface area contributed by atoms with Gasteiger partial charge in [-0.25, -0.2) is 0 Å². The Bertz CT molecular complexity index is 323. The van der Waals surface area contributed by atoms with Crippen molar-refractivity contribution in [2.45, 2.75) is 18.3 Å². The van der Waals surface area contributed by atoms with Crippen LogP contribution in [0.4, 0.5) is 0 Å². The molecule has 1 rings (SSSR count). The summed E-state index contributed by atoms with van der Waals surface area (Å²) < 4.78 is 5.13. The standard InChI is InChI=1S/C13H17Br2ClO/c1-17-8-2-7-13(9-14,10-15)11-3-5-12(16)6-4-11/h3-6H,2,7-10H2,1H3. The van der Waals surface area contributed by atoms with Gasteiger partial charge in [0.15, 0.2) is 0 Å². The Morgan fingerprint density at radius 2 is 1.76 bits per heavy atom. The second kappa shape index (κ2) is 7.78. The average molecular weight is 385 g/mol. The first-order valence-corrected chi connectivity index (χ1v) is 8.17. The molecule has 4 heteroatoms. The number of halogens is 3. The molecule has 0 amide bonds. The summed E-state index contributed by atoms with van der Waals surface area (Å²) in [6, 6.07) is 8.12. The fourth-order valence-electron chi connectivity index (χ4n) is 1.83. The molecule has 0 saturated heterocycles. The van der Waals surface area contributed by atoms with Crippen LogP contribution in [0.2, 0.25) is 5.02 Å². The number of alkyl halides is 2. The van der Waals surface area contributed by atoms with Crippen LogP contribution in [-0.4, -0.2) is 24.4 Å². The Balaban J connectivity index is 2.85. The molecule has 96 valence electrons. The van der Waals surface area contributed by atoms with E-state index in [4.69, 9.17) is 16.3 Å². The molecule has 0 spiro atoms. The molecule has 0 heterocycles. The van der Waals surface area contributed by atoms with Crippen molar-refractivity contribution in [1.29, 1.82) is 0 Å². The number of rotatable bonds is 7. The number of methoxy groups -OCH3 is 1. The van der Waals surface area contributed by atoms with Gasteiger partial charge in [0.25, 0.3) is 0 Å². The maximum absolute atomic E-state index is 5.93. The van der Waals surface area contributed by atoms with Gasteiger partial charge in [0.05, 0.1) is 0 Å². The molecule has 0 unspecified atom stereocenters. The van der Waals surface area contributed by atoms with E-state index >= 15 is 0 Å². The predicted octanol–water partition coefficient (Wildman–Crippen LogP) is 4.79. The second-order valence-corrected chi connectivity index (χ2v) is 5.71. The van der Waals surface area contributed by atoms with Crippen molar-refractivity contribution in [3.63, 3.8) is 0 Å². The molecule has 0 saturated carbocycles. The minimum absolute atomic E-state index is 0.114. The zero-order valence-electron chi connectivity index (χ0n) is 9.89. The van der Waals surface area contributed by atoms with Gasteiger partial charge < -0.3 is 4.74 Å². The lowest BCUT2D eigenvalue weighted by atomic mass is 9.80.